The number of sulfonamides is 1. The first-order chi connectivity index (χ1) is 8.84. The van der Waals surface area contributed by atoms with Crippen molar-refractivity contribution in [2.45, 2.75) is 19.8 Å². The summed E-state index contributed by atoms with van der Waals surface area (Å²) in [6, 6.07) is 5.10. The Balaban J connectivity index is 2.64. The van der Waals surface area contributed by atoms with Gasteiger partial charge in [-0.1, -0.05) is 6.07 Å². The number of carbonyl (C=O) groups is 1. The average molecular weight is 286 g/mol. The van der Waals surface area contributed by atoms with E-state index < -0.39 is 16.0 Å². The van der Waals surface area contributed by atoms with Gasteiger partial charge < -0.3 is 10.5 Å². The zero-order valence-corrected chi connectivity index (χ0v) is 11.8. The third-order valence-corrected chi connectivity index (χ3v) is 3.85. The van der Waals surface area contributed by atoms with Crippen molar-refractivity contribution in [3.8, 4) is 0 Å². The van der Waals surface area contributed by atoms with Crippen molar-refractivity contribution in [3.63, 3.8) is 0 Å². The van der Waals surface area contributed by atoms with Crippen molar-refractivity contribution in [2.75, 3.05) is 23.3 Å². The van der Waals surface area contributed by atoms with Crippen LogP contribution in [0.3, 0.4) is 0 Å². The van der Waals surface area contributed by atoms with Crippen molar-refractivity contribution >= 4 is 27.4 Å². The number of methoxy groups -OCH3 is 1. The van der Waals surface area contributed by atoms with Gasteiger partial charge in [0.25, 0.3) is 0 Å². The second-order valence-electron chi connectivity index (χ2n) is 4.19. The van der Waals surface area contributed by atoms with Crippen LogP contribution < -0.4 is 10.5 Å². The SMILES string of the molecule is COC(=O)CCCS(=O)(=O)Nc1cc(C)ccc1N. The van der Waals surface area contributed by atoms with E-state index in [1.807, 2.05) is 6.92 Å². The second-order valence-corrected chi connectivity index (χ2v) is 6.03. The zero-order valence-electron chi connectivity index (χ0n) is 11.0. The average Bonchev–Trinajstić information content (AvgIpc) is 2.33. The van der Waals surface area contributed by atoms with E-state index in [-0.39, 0.29) is 18.6 Å². The fraction of sp³-hybridized carbons (Fsp3) is 0.417. The molecular weight excluding hydrogens is 268 g/mol. The summed E-state index contributed by atoms with van der Waals surface area (Å²) in [5.74, 6) is -0.583. The fourth-order valence-corrected chi connectivity index (χ4v) is 2.62. The number of hydrogen-bond donors (Lipinski definition) is 2. The van der Waals surface area contributed by atoms with Crippen LogP contribution in [0.5, 0.6) is 0 Å². The van der Waals surface area contributed by atoms with E-state index in [1.54, 1.807) is 18.2 Å². The standard InChI is InChI=1S/C12H18N2O4S/c1-9-5-6-10(13)11(8-9)14-19(16,17)7-3-4-12(15)18-2/h5-6,8,14H,3-4,7,13H2,1-2H3. The van der Waals surface area contributed by atoms with Crippen molar-refractivity contribution in [3.05, 3.63) is 23.8 Å². The van der Waals surface area contributed by atoms with E-state index in [0.717, 1.165) is 5.56 Å². The summed E-state index contributed by atoms with van der Waals surface area (Å²) in [4.78, 5) is 10.9. The maximum absolute atomic E-state index is 11.8. The third-order valence-electron chi connectivity index (χ3n) is 2.50. The molecule has 3 N–H and O–H groups in total. The maximum atomic E-state index is 11.8. The Hall–Kier alpha value is -1.76. The van der Waals surface area contributed by atoms with Gasteiger partial charge in [-0.25, -0.2) is 8.42 Å². The highest BCUT2D eigenvalue weighted by atomic mass is 32.2. The zero-order chi connectivity index (χ0) is 14.5. The smallest absolute Gasteiger partial charge is 0.305 e. The Labute approximate surface area is 113 Å². The van der Waals surface area contributed by atoms with Gasteiger partial charge in [0, 0.05) is 6.42 Å². The number of carbonyl (C=O) groups excluding carboxylic acids is 1. The summed E-state index contributed by atoms with van der Waals surface area (Å²) in [7, 11) is -2.25. The molecule has 0 atom stereocenters. The summed E-state index contributed by atoms with van der Waals surface area (Å²) < 4.78 is 30.5. The summed E-state index contributed by atoms with van der Waals surface area (Å²) in [6.07, 6.45) is 0.272. The Morgan fingerprint density at radius 3 is 2.74 bits per heavy atom. The molecule has 0 spiro atoms. The molecule has 0 saturated heterocycles. The molecule has 6 nitrogen and oxygen atoms in total. The van der Waals surface area contributed by atoms with Gasteiger partial charge in [0.1, 0.15) is 0 Å². The number of esters is 1. The number of nitrogens with one attached hydrogen (secondary N) is 1. The highest BCUT2D eigenvalue weighted by Crippen LogP contribution is 2.21. The first-order valence-corrected chi connectivity index (χ1v) is 7.43. The van der Waals surface area contributed by atoms with Gasteiger partial charge >= 0.3 is 5.97 Å². The number of ether oxygens (including phenoxy) is 1. The minimum atomic E-state index is -3.52. The van der Waals surface area contributed by atoms with E-state index in [9.17, 15) is 13.2 Å². The number of aryl methyl sites for hydroxylation is 1. The van der Waals surface area contributed by atoms with Crippen LogP contribution in [0, 0.1) is 6.92 Å². The van der Waals surface area contributed by atoms with Crippen LogP contribution in [0.25, 0.3) is 0 Å². The van der Waals surface area contributed by atoms with Crippen LogP contribution in [-0.4, -0.2) is 27.2 Å². The number of anilines is 2. The number of nitrogens with two attached hydrogens (primary N) is 1. The van der Waals surface area contributed by atoms with Gasteiger partial charge in [0.15, 0.2) is 0 Å². The van der Waals surface area contributed by atoms with E-state index in [2.05, 4.69) is 9.46 Å². The van der Waals surface area contributed by atoms with Crippen LogP contribution in [-0.2, 0) is 19.6 Å². The third kappa shape index (κ3) is 5.17. The molecule has 7 heteroatoms. The molecule has 0 aromatic heterocycles. The van der Waals surface area contributed by atoms with Gasteiger partial charge in [-0.05, 0) is 31.0 Å². The van der Waals surface area contributed by atoms with Crippen LogP contribution in [0.4, 0.5) is 11.4 Å². The number of nitrogen functional groups attached to an aromatic ring is 1. The monoisotopic (exact) mass is 286 g/mol. The van der Waals surface area contributed by atoms with E-state index in [0.29, 0.717) is 11.4 Å². The molecule has 0 unspecified atom stereocenters. The van der Waals surface area contributed by atoms with Crippen molar-refractivity contribution < 1.29 is 17.9 Å². The lowest BCUT2D eigenvalue weighted by Gasteiger charge is -2.10. The Morgan fingerprint density at radius 2 is 2.11 bits per heavy atom. The van der Waals surface area contributed by atoms with Crippen molar-refractivity contribution in [1.82, 2.24) is 0 Å². The molecule has 1 rings (SSSR count). The molecule has 0 bridgehead atoms. The second kappa shape index (κ2) is 6.42. The quantitative estimate of drug-likeness (QED) is 0.606. The molecule has 0 amide bonds. The van der Waals surface area contributed by atoms with E-state index in [1.165, 1.54) is 7.11 Å². The molecule has 0 fully saturated rings. The fourth-order valence-electron chi connectivity index (χ4n) is 1.49. The summed E-state index contributed by atoms with van der Waals surface area (Å²) in [6.45, 7) is 1.84. The molecule has 0 aliphatic rings. The highest BCUT2D eigenvalue weighted by Gasteiger charge is 2.13. The molecule has 0 heterocycles. The minimum absolute atomic E-state index is 0.0701. The lowest BCUT2D eigenvalue weighted by Crippen LogP contribution is -2.18. The van der Waals surface area contributed by atoms with Crippen LogP contribution in [0.2, 0.25) is 0 Å². The van der Waals surface area contributed by atoms with Crippen molar-refractivity contribution in [1.29, 1.82) is 0 Å². The van der Waals surface area contributed by atoms with Gasteiger partial charge in [0.2, 0.25) is 10.0 Å². The molecule has 0 aliphatic heterocycles. The number of benzene rings is 1. The van der Waals surface area contributed by atoms with E-state index in [4.69, 9.17) is 5.73 Å². The predicted octanol–water partition coefficient (Wildman–Crippen LogP) is 1.27. The molecule has 0 radical (unpaired) electrons. The predicted molar refractivity (Wildman–Crippen MR) is 74.3 cm³/mol. The summed E-state index contributed by atoms with van der Waals surface area (Å²) in [5.41, 5.74) is 7.32. The van der Waals surface area contributed by atoms with Gasteiger partial charge in [-0.3, -0.25) is 9.52 Å². The van der Waals surface area contributed by atoms with Crippen LogP contribution in [0.15, 0.2) is 18.2 Å². The minimum Gasteiger partial charge on any atom is -0.469 e. The molecule has 19 heavy (non-hydrogen) atoms. The Kier molecular flexibility index (Phi) is 5.17. The first-order valence-electron chi connectivity index (χ1n) is 5.77. The lowest BCUT2D eigenvalue weighted by molar-refractivity contribution is -0.140. The van der Waals surface area contributed by atoms with Gasteiger partial charge in [0.05, 0.1) is 24.2 Å². The van der Waals surface area contributed by atoms with E-state index >= 15 is 0 Å². The molecule has 0 saturated carbocycles. The highest BCUT2D eigenvalue weighted by molar-refractivity contribution is 7.92. The molecule has 1 aromatic rings. The first kappa shape index (κ1) is 15.3. The Bertz CT molecular complexity index is 555. The Morgan fingerprint density at radius 1 is 1.42 bits per heavy atom. The largest absolute Gasteiger partial charge is 0.469 e. The maximum Gasteiger partial charge on any atom is 0.305 e. The normalized spacial score (nSPS) is 11.1. The molecule has 106 valence electrons. The topological polar surface area (TPSA) is 98.5 Å². The van der Waals surface area contributed by atoms with Crippen molar-refractivity contribution in [2.24, 2.45) is 0 Å². The van der Waals surface area contributed by atoms with Gasteiger partial charge in [-0.15, -0.1) is 0 Å². The molecule has 1 aromatic carbocycles. The summed E-state index contributed by atoms with van der Waals surface area (Å²) >= 11 is 0. The van der Waals surface area contributed by atoms with Crippen LogP contribution >= 0.6 is 0 Å². The lowest BCUT2D eigenvalue weighted by atomic mass is 10.2. The number of rotatable bonds is 6. The van der Waals surface area contributed by atoms with Crippen LogP contribution in [0.1, 0.15) is 18.4 Å². The molecular formula is C12H18N2O4S. The molecule has 0 aliphatic carbocycles. The summed E-state index contributed by atoms with van der Waals surface area (Å²) in [5, 5.41) is 0. The number of hydrogen-bond acceptors (Lipinski definition) is 5. The van der Waals surface area contributed by atoms with Gasteiger partial charge in [-0.2, -0.15) is 0 Å².